The second-order valence-corrected chi connectivity index (χ2v) is 4.89. The summed E-state index contributed by atoms with van der Waals surface area (Å²) in [5.74, 6) is 0. The number of anilines is 1. The van der Waals surface area contributed by atoms with Crippen LogP contribution in [0, 0.1) is 0 Å². The Bertz CT molecular complexity index is 642. The third-order valence-electron chi connectivity index (χ3n) is 2.75. The fourth-order valence-electron chi connectivity index (χ4n) is 1.86. The van der Waals surface area contributed by atoms with Crippen LogP contribution < -0.4 is 5.32 Å². The van der Waals surface area contributed by atoms with Crippen LogP contribution in [0.5, 0.6) is 0 Å². The van der Waals surface area contributed by atoms with E-state index in [4.69, 9.17) is 0 Å². The maximum Gasteiger partial charge on any atom is 0.137 e. The quantitative estimate of drug-likeness (QED) is 0.799. The summed E-state index contributed by atoms with van der Waals surface area (Å²) in [6.45, 7) is 0.713. The molecule has 1 aromatic carbocycles. The largest absolute Gasteiger partial charge is 0.378 e. The molecule has 2 aromatic heterocycles. The van der Waals surface area contributed by atoms with Crippen LogP contribution in [0.3, 0.4) is 0 Å². The number of fused-ring (bicyclic) bond motifs is 1. The van der Waals surface area contributed by atoms with Crippen molar-refractivity contribution in [2.24, 2.45) is 0 Å². The van der Waals surface area contributed by atoms with Crippen molar-refractivity contribution in [3.8, 4) is 0 Å². The topological polar surface area (TPSA) is 29.3 Å². The van der Waals surface area contributed by atoms with Crippen LogP contribution >= 0.6 is 15.9 Å². The zero-order chi connectivity index (χ0) is 12.4. The molecule has 2 heterocycles. The second kappa shape index (κ2) is 4.82. The van der Waals surface area contributed by atoms with Gasteiger partial charge in [0.15, 0.2) is 0 Å². The predicted octanol–water partition coefficient (Wildman–Crippen LogP) is 3.71. The van der Waals surface area contributed by atoms with E-state index < -0.39 is 0 Å². The lowest BCUT2D eigenvalue weighted by molar-refractivity contribution is 1.08. The first kappa shape index (κ1) is 11.3. The van der Waals surface area contributed by atoms with E-state index in [-0.39, 0.29) is 0 Å². The van der Waals surface area contributed by atoms with Crippen LogP contribution in [-0.2, 0) is 6.54 Å². The highest BCUT2D eigenvalue weighted by atomic mass is 79.9. The number of nitrogens with zero attached hydrogens (tertiary/aromatic N) is 2. The van der Waals surface area contributed by atoms with Gasteiger partial charge in [0.05, 0.1) is 12.2 Å². The standard InChI is InChI=1S/C14H12BrN3/c15-12-5-1-2-6-13(12)16-9-11-10-18-8-4-3-7-14(18)17-11/h1-8,10,16H,9H2. The van der Waals surface area contributed by atoms with E-state index in [2.05, 4.69) is 26.2 Å². The number of pyridine rings is 1. The number of aromatic nitrogens is 2. The van der Waals surface area contributed by atoms with Gasteiger partial charge in [-0.3, -0.25) is 0 Å². The molecule has 0 amide bonds. The number of benzene rings is 1. The number of nitrogens with one attached hydrogen (secondary N) is 1. The summed E-state index contributed by atoms with van der Waals surface area (Å²) in [5.41, 5.74) is 3.08. The van der Waals surface area contributed by atoms with Crippen LogP contribution in [0.4, 0.5) is 5.69 Å². The minimum Gasteiger partial charge on any atom is -0.378 e. The van der Waals surface area contributed by atoms with Crippen molar-refractivity contribution in [2.75, 3.05) is 5.32 Å². The Morgan fingerprint density at radius 3 is 2.78 bits per heavy atom. The Morgan fingerprint density at radius 2 is 1.94 bits per heavy atom. The molecule has 0 aliphatic rings. The van der Waals surface area contributed by atoms with Crippen LogP contribution in [0.25, 0.3) is 5.65 Å². The van der Waals surface area contributed by atoms with Crippen molar-refractivity contribution in [1.29, 1.82) is 0 Å². The molecular formula is C14H12BrN3. The monoisotopic (exact) mass is 301 g/mol. The molecule has 18 heavy (non-hydrogen) atoms. The maximum absolute atomic E-state index is 4.54. The van der Waals surface area contributed by atoms with Crippen LogP contribution in [0.2, 0.25) is 0 Å². The number of rotatable bonds is 3. The molecule has 0 atom stereocenters. The van der Waals surface area contributed by atoms with E-state index in [1.54, 1.807) is 0 Å². The highest BCUT2D eigenvalue weighted by molar-refractivity contribution is 9.10. The highest BCUT2D eigenvalue weighted by Gasteiger charge is 2.02. The van der Waals surface area contributed by atoms with E-state index in [9.17, 15) is 0 Å². The molecule has 0 radical (unpaired) electrons. The molecule has 0 spiro atoms. The number of hydrogen-bond acceptors (Lipinski definition) is 2. The van der Waals surface area contributed by atoms with Crippen molar-refractivity contribution in [3.63, 3.8) is 0 Å². The van der Waals surface area contributed by atoms with Gasteiger partial charge in [-0.15, -0.1) is 0 Å². The molecule has 0 saturated heterocycles. The van der Waals surface area contributed by atoms with Crippen molar-refractivity contribution in [2.45, 2.75) is 6.54 Å². The molecule has 3 rings (SSSR count). The van der Waals surface area contributed by atoms with Gasteiger partial charge in [-0.2, -0.15) is 0 Å². The first-order valence-corrected chi connectivity index (χ1v) is 6.53. The Kier molecular flexibility index (Phi) is 3.02. The van der Waals surface area contributed by atoms with Gasteiger partial charge < -0.3 is 9.72 Å². The smallest absolute Gasteiger partial charge is 0.137 e. The number of halogens is 1. The van der Waals surface area contributed by atoms with Crippen LogP contribution in [-0.4, -0.2) is 9.38 Å². The number of imidazole rings is 1. The highest BCUT2D eigenvalue weighted by Crippen LogP contribution is 2.21. The normalized spacial score (nSPS) is 10.7. The van der Waals surface area contributed by atoms with Crippen molar-refractivity contribution in [3.05, 3.63) is 65.0 Å². The minimum atomic E-state index is 0.713. The average Bonchev–Trinajstić information content (AvgIpc) is 2.80. The van der Waals surface area contributed by atoms with Gasteiger partial charge in [-0.1, -0.05) is 18.2 Å². The van der Waals surface area contributed by atoms with Crippen molar-refractivity contribution >= 4 is 27.3 Å². The lowest BCUT2D eigenvalue weighted by Gasteiger charge is -2.05. The summed E-state index contributed by atoms with van der Waals surface area (Å²) in [6.07, 6.45) is 4.05. The predicted molar refractivity (Wildman–Crippen MR) is 76.7 cm³/mol. The Hall–Kier alpha value is -1.81. The average molecular weight is 302 g/mol. The van der Waals surface area contributed by atoms with Gasteiger partial charge in [-0.05, 0) is 40.2 Å². The van der Waals surface area contributed by atoms with E-state index in [1.807, 2.05) is 59.3 Å². The summed E-state index contributed by atoms with van der Waals surface area (Å²) >= 11 is 3.52. The first-order chi connectivity index (χ1) is 8.83. The SMILES string of the molecule is Brc1ccccc1NCc1cn2ccccc2n1. The van der Waals surface area contributed by atoms with E-state index in [0.29, 0.717) is 6.54 Å². The lowest BCUT2D eigenvalue weighted by Crippen LogP contribution is -1.99. The number of para-hydroxylation sites is 1. The molecule has 4 heteroatoms. The first-order valence-electron chi connectivity index (χ1n) is 5.74. The molecular weight excluding hydrogens is 290 g/mol. The summed E-state index contributed by atoms with van der Waals surface area (Å²) in [5, 5.41) is 3.37. The molecule has 3 aromatic rings. The van der Waals surface area contributed by atoms with Gasteiger partial charge in [0, 0.05) is 22.6 Å². The fraction of sp³-hybridized carbons (Fsp3) is 0.0714. The minimum absolute atomic E-state index is 0.713. The summed E-state index contributed by atoms with van der Waals surface area (Å²) in [4.78, 5) is 4.54. The molecule has 0 saturated carbocycles. The van der Waals surface area contributed by atoms with Gasteiger partial charge >= 0.3 is 0 Å². The molecule has 3 nitrogen and oxygen atoms in total. The molecule has 0 aliphatic carbocycles. The summed E-state index contributed by atoms with van der Waals surface area (Å²) < 4.78 is 3.09. The molecule has 0 unspecified atom stereocenters. The van der Waals surface area contributed by atoms with Crippen LogP contribution in [0.1, 0.15) is 5.69 Å². The second-order valence-electron chi connectivity index (χ2n) is 4.03. The maximum atomic E-state index is 4.54. The third kappa shape index (κ3) is 2.24. The molecule has 90 valence electrons. The molecule has 0 aliphatic heterocycles. The van der Waals surface area contributed by atoms with E-state index in [0.717, 1.165) is 21.5 Å². The molecule has 0 bridgehead atoms. The van der Waals surface area contributed by atoms with Gasteiger partial charge in [0.2, 0.25) is 0 Å². The van der Waals surface area contributed by atoms with Crippen molar-refractivity contribution < 1.29 is 0 Å². The molecule has 0 fully saturated rings. The summed E-state index contributed by atoms with van der Waals surface area (Å²) in [7, 11) is 0. The number of hydrogen-bond donors (Lipinski definition) is 1. The van der Waals surface area contributed by atoms with Gasteiger partial charge in [0.25, 0.3) is 0 Å². The lowest BCUT2D eigenvalue weighted by atomic mass is 10.3. The zero-order valence-electron chi connectivity index (χ0n) is 9.68. The zero-order valence-corrected chi connectivity index (χ0v) is 11.3. The third-order valence-corrected chi connectivity index (χ3v) is 3.44. The summed E-state index contributed by atoms with van der Waals surface area (Å²) in [6, 6.07) is 14.1. The van der Waals surface area contributed by atoms with E-state index in [1.165, 1.54) is 0 Å². The molecule has 1 N–H and O–H groups in total. The van der Waals surface area contributed by atoms with E-state index >= 15 is 0 Å². The van der Waals surface area contributed by atoms with Crippen molar-refractivity contribution in [1.82, 2.24) is 9.38 Å². The Labute approximate surface area is 114 Å². The Balaban J connectivity index is 1.79. The van der Waals surface area contributed by atoms with Gasteiger partial charge in [-0.25, -0.2) is 4.98 Å². The van der Waals surface area contributed by atoms with Crippen LogP contribution in [0.15, 0.2) is 59.3 Å². The Morgan fingerprint density at radius 1 is 1.11 bits per heavy atom. The fourth-order valence-corrected chi connectivity index (χ4v) is 2.29. The van der Waals surface area contributed by atoms with Gasteiger partial charge in [0.1, 0.15) is 5.65 Å².